The van der Waals surface area contributed by atoms with Crippen molar-refractivity contribution < 1.29 is 14.0 Å². The fourth-order valence-electron chi connectivity index (χ4n) is 1.43. The maximum atomic E-state index is 5.28. The van der Waals surface area contributed by atoms with Crippen molar-refractivity contribution >= 4 is 15.9 Å². The molecule has 0 aliphatic rings. The summed E-state index contributed by atoms with van der Waals surface area (Å²) in [6.45, 7) is 1.76. The van der Waals surface area contributed by atoms with Gasteiger partial charge in [-0.2, -0.15) is 4.98 Å². The monoisotopic (exact) mass is 298 g/mol. The highest BCUT2D eigenvalue weighted by Gasteiger charge is 2.16. The number of rotatable bonds is 3. The summed E-state index contributed by atoms with van der Waals surface area (Å²) in [5.41, 5.74) is 0.723. The quantitative estimate of drug-likeness (QED) is 0.872. The van der Waals surface area contributed by atoms with Gasteiger partial charge in [-0.3, -0.25) is 0 Å². The largest absolute Gasteiger partial charge is 0.496 e. The summed E-state index contributed by atoms with van der Waals surface area (Å²) in [4.78, 5) is 4.17. The molecule has 0 unspecified atom stereocenters. The molecule has 0 N–H and O–H groups in total. The molecule has 90 valence electrons. The Morgan fingerprint density at radius 2 is 1.88 bits per heavy atom. The van der Waals surface area contributed by atoms with Crippen LogP contribution in [0.3, 0.4) is 0 Å². The minimum absolute atomic E-state index is 0.419. The zero-order valence-corrected chi connectivity index (χ0v) is 11.2. The van der Waals surface area contributed by atoms with E-state index in [1.807, 2.05) is 6.07 Å². The second kappa shape index (κ2) is 4.75. The molecule has 0 aliphatic carbocycles. The van der Waals surface area contributed by atoms with Gasteiger partial charge >= 0.3 is 0 Å². The van der Waals surface area contributed by atoms with Crippen LogP contribution in [0.1, 0.15) is 5.82 Å². The van der Waals surface area contributed by atoms with Crippen LogP contribution in [0.4, 0.5) is 0 Å². The number of hydrogen-bond acceptors (Lipinski definition) is 5. The maximum Gasteiger partial charge on any atom is 0.261 e. The Morgan fingerprint density at radius 3 is 2.41 bits per heavy atom. The van der Waals surface area contributed by atoms with Crippen LogP contribution in [0.5, 0.6) is 11.5 Å². The lowest BCUT2D eigenvalue weighted by Crippen LogP contribution is -1.92. The molecule has 0 saturated heterocycles. The molecule has 1 aromatic heterocycles. The van der Waals surface area contributed by atoms with Gasteiger partial charge in [-0.05, 0) is 28.9 Å². The average molecular weight is 299 g/mol. The summed E-state index contributed by atoms with van der Waals surface area (Å²) in [5, 5.41) is 3.75. The third-order valence-corrected chi connectivity index (χ3v) is 2.85. The molecule has 6 heteroatoms. The zero-order chi connectivity index (χ0) is 12.4. The standard InChI is InChI=1S/C11H11BrN2O3/c1-6-13-11(17-14-6)7-4-8(12)10(16-3)5-9(7)15-2/h4-5H,1-3H3. The van der Waals surface area contributed by atoms with E-state index >= 15 is 0 Å². The van der Waals surface area contributed by atoms with Gasteiger partial charge in [-0.15, -0.1) is 0 Å². The Bertz CT molecular complexity index is 540. The summed E-state index contributed by atoms with van der Waals surface area (Å²) >= 11 is 3.40. The normalized spacial score (nSPS) is 10.4. The molecule has 2 aromatic rings. The zero-order valence-electron chi connectivity index (χ0n) is 9.65. The molecule has 0 atom stereocenters. The van der Waals surface area contributed by atoms with Crippen LogP contribution in [0.2, 0.25) is 0 Å². The van der Waals surface area contributed by atoms with Crippen LogP contribution in [-0.2, 0) is 0 Å². The molecule has 0 bridgehead atoms. The molecule has 0 amide bonds. The van der Waals surface area contributed by atoms with E-state index in [1.54, 1.807) is 27.2 Å². The smallest absolute Gasteiger partial charge is 0.261 e. The van der Waals surface area contributed by atoms with Gasteiger partial charge in [0.15, 0.2) is 5.82 Å². The van der Waals surface area contributed by atoms with Crippen LogP contribution in [-0.4, -0.2) is 24.4 Å². The first kappa shape index (κ1) is 11.9. The van der Waals surface area contributed by atoms with Crippen molar-refractivity contribution in [3.63, 3.8) is 0 Å². The third-order valence-electron chi connectivity index (χ3n) is 2.23. The SMILES string of the molecule is COc1cc(OC)c(-c2nc(C)no2)cc1Br. The second-order valence-electron chi connectivity index (χ2n) is 3.33. The Morgan fingerprint density at radius 1 is 1.18 bits per heavy atom. The number of hydrogen-bond donors (Lipinski definition) is 0. The van der Waals surface area contributed by atoms with Crippen LogP contribution in [0.25, 0.3) is 11.5 Å². The van der Waals surface area contributed by atoms with E-state index in [4.69, 9.17) is 14.0 Å². The van der Waals surface area contributed by atoms with Crippen LogP contribution < -0.4 is 9.47 Å². The lowest BCUT2D eigenvalue weighted by molar-refractivity contribution is 0.389. The number of nitrogens with zero attached hydrogens (tertiary/aromatic N) is 2. The summed E-state index contributed by atoms with van der Waals surface area (Å²) in [6, 6.07) is 3.59. The van der Waals surface area contributed by atoms with Crippen molar-refractivity contribution in [3.05, 3.63) is 22.4 Å². The van der Waals surface area contributed by atoms with Crippen molar-refractivity contribution in [2.75, 3.05) is 14.2 Å². The fraction of sp³-hybridized carbons (Fsp3) is 0.273. The first-order valence-electron chi connectivity index (χ1n) is 4.88. The summed E-state index contributed by atoms with van der Waals surface area (Å²) in [6.07, 6.45) is 0. The van der Waals surface area contributed by atoms with Crippen LogP contribution in [0, 0.1) is 6.92 Å². The van der Waals surface area contributed by atoms with Crippen molar-refractivity contribution in [1.29, 1.82) is 0 Å². The van der Waals surface area contributed by atoms with Gasteiger partial charge in [0.1, 0.15) is 11.5 Å². The molecule has 1 aromatic carbocycles. The first-order chi connectivity index (χ1) is 8.15. The summed E-state index contributed by atoms with van der Waals surface area (Å²) in [7, 11) is 3.17. The van der Waals surface area contributed by atoms with Crippen LogP contribution in [0.15, 0.2) is 21.1 Å². The van der Waals surface area contributed by atoms with Crippen molar-refractivity contribution in [2.45, 2.75) is 6.92 Å². The van der Waals surface area contributed by atoms with Gasteiger partial charge in [0, 0.05) is 6.07 Å². The van der Waals surface area contributed by atoms with E-state index in [-0.39, 0.29) is 0 Å². The minimum Gasteiger partial charge on any atom is -0.496 e. The molecule has 1 heterocycles. The van der Waals surface area contributed by atoms with Crippen LogP contribution >= 0.6 is 15.9 Å². The van der Waals surface area contributed by atoms with Gasteiger partial charge in [-0.1, -0.05) is 5.16 Å². The molecule has 0 saturated carbocycles. The van der Waals surface area contributed by atoms with E-state index in [9.17, 15) is 0 Å². The second-order valence-corrected chi connectivity index (χ2v) is 4.19. The first-order valence-corrected chi connectivity index (χ1v) is 5.67. The lowest BCUT2D eigenvalue weighted by atomic mass is 10.2. The van der Waals surface area contributed by atoms with Crippen molar-refractivity contribution in [3.8, 4) is 23.0 Å². The number of ether oxygens (including phenoxy) is 2. The Labute approximate surface area is 107 Å². The molecule has 5 nitrogen and oxygen atoms in total. The maximum absolute atomic E-state index is 5.28. The molecule has 0 spiro atoms. The minimum atomic E-state index is 0.419. The molecule has 17 heavy (non-hydrogen) atoms. The third kappa shape index (κ3) is 2.26. The van der Waals surface area contributed by atoms with E-state index in [1.165, 1.54) is 0 Å². The number of aryl methyl sites for hydroxylation is 1. The molecule has 0 radical (unpaired) electrons. The number of aromatic nitrogens is 2. The highest BCUT2D eigenvalue weighted by atomic mass is 79.9. The van der Waals surface area contributed by atoms with E-state index in [0.717, 1.165) is 10.0 Å². The number of halogens is 1. The fourth-order valence-corrected chi connectivity index (χ4v) is 1.94. The van der Waals surface area contributed by atoms with Gasteiger partial charge < -0.3 is 14.0 Å². The average Bonchev–Trinajstić information content (AvgIpc) is 2.75. The van der Waals surface area contributed by atoms with Crippen molar-refractivity contribution in [1.82, 2.24) is 10.1 Å². The number of methoxy groups -OCH3 is 2. The topological polar surface area (TPSA) is 57.4 Å². The Balaban J connectivity index is 2.57. The number of benzene rings is 1. The van der Waals surface area contributed by atoms with Crippen molar-refractivity contribution in [2.24, 2.45) is 0 Å². The van der Waals surface area contributed by atoms with Gasteiger partial charge in [-0.25, -0.2) is 0 Å². The molecular formula is C11H11BrN2O3. The van der Waals surface area contributed by atoms with Gasteiger partial charge in [0.05, 0.1) is 24.3 Å². The predicted molar refractivity (Wildman–Crippen MR) is 65.3 cm³/mol. The molecule has 0 aliphatic heterocycles. The highest BCUT2D eigenvalue weighted by Crippen LogP contribution is 2.37. The van der Waals surface area contributed by atoms with E-state index in [2.05, 4.69) is 26.1 Å². The van der Waals surface area contributed by atoms with E-state index < -0.39 is 0 Å². The van der Waals surface area contributed by atoms with Gasteiger partial charge in [0.25, 0.3) is 5.89 Å². The molecular weight excluding hydrogens is 288 g/mol. The van der Waals surface area contributed by atoms with Gasteiger partial charge in [0.2, 0.25) is 0 Å². The Kier molecular flexibility index (Phi) is 3.33. The highest BCUT2D eigenvalue weighted by molar-refractivity contribution is 9.10. The Hall–Kier alpha value is -1.56. The lowest BCUT2D eigenvalue weighted by Gasteiger charge is -2.09. The predicted octanol–water partition coefficient (Wildman–Crippen LogP) is 2.82. The van der Waals surface area contributed by atoms with E-state index in [0.29, 0.717) is 23.2 Å². The summed E-state index contributed by atoms with van der Waals surface area (Å²) < 4.78 is 16.4. The molecule has 0 fully saturated rings. The molecule has 2 rings (SSSR count). The summed E-state index contributed by atoms with van der Waals surface area (Å²) in [5.74, 6) is 2.30.